The Bertz CT molecular complexity index is 548. The molecule has 0 amide bonds. The van der Waals surface area contributed by atoms with Crippen molar-refractivity contribution < 1.29 is 9.90 Å². The molecule has 0 unspecified atom stereocenters. The van der Waals surface area contributed by atoms with E-state index in [0.717, 1.165) is 9.92 Å². The van der Waals surface area contributed by atoms with Gasteiger partial charge in [-0.2, -0.15) is 0 Å². The molecule has 1 aromatic heterocycles. The summed E-state index contributed by atoms with van der Waals surface area (Å²) in [6.07, 6.45) is 3.07. The zero-order valence-corrected chi connectivity index (χ0v) is 10.1. The molecular formula is C11H7ClN2O2S. The molecule has 1 heterocycles. The molecule has 0 aliphatic carbocycles. The molecule has 2 rings (SSSR count). The topological polar surface area (TPSA) is 63.1 Å². The van der Waals surface area contributed by atoms with E-state index in [9.17, 15) is 4.79 Å². The Morgan fingerprint density at radius 1 is 1.35 bits per heavy atom. The summed E-state index contributed by atoms with van der Waals surface area (Å²) < 4.78 is 0. The summed E-state index contributed by atoms with van der Waals surface area (Å²) in [4.78, 5) is 19.5. The number of carboxylic acids is 1. The van der Waals surface area contributed by atoms with Gasteiger partial charge in [-0.05, 0) is 24.3 Å². The van der Waals surface area contributed by atoms with Gasteiger partial charge >= 0.3 is 5.97 Å². The van der Waals surface area contributed by atoms with Gasteiger partial charge in [0, 0.05) is 11.1 Å². The number of aromatic nitrogens is 2. The molecule has 0 atom stereocenters. The van der Waals surface area contributed by atoms with Crippen molar-refractivity contribution in [3.8, 4) is 0 Å². The van der Waals surface area contributed by atoms with Crippen LogP contribution in [-0.4, -0.2) is 21.0 Å². The monoisotopic (exact) mass is 266 g/mol. The Kier molecular flexibility index (Phi) is 3.61. The van der Waals surface area contributed by atoms with Crippen molar-refractivity contribution >= 4 is 29.3 Å². The summed E-state index contributed by atoms with van der Waals surface area (Å²) in [5, 5.41) is 9.91. The number of carbonyl (C=O) groups is 1. The van der Waals surface area contributed by atoms with Crippen molar-refractivity contribution in [1.82, 2.24) is 9.97 Å². The first-order valence-corrected chi connectivity index (χ1v) is 5.83. The molecule has 4 nitrogen and oxygen atoms in total. The number of hydrogen-bond donors (Lipinski definition) is 1. The minimum absolute atomic E-state index is 0.0886. The third-order valence-electron chi connectivity index (χ3n) is 1.95. The standard InChI is InChI=1S/C11H7ClN2O2S/c12-9-2-1-7(5-8(9)11(15)16)17-10-3-4-13-6-14-10/h1-6H,(H,15,16). The lowest BCUT2D eigenvalue weighted by atomic mass is 10.2. The van der Waals surface area contributed by atoms with Crippen molar-refractivity contribution in [1.29, 1.82) is 0 Å². The molecule has 0 spiro atoms. The third-order valence-corrected chi connectivity index (χ3v) is 3.22. The van der Waals surface area contributed by atoms with Crippen molar-refractivity contribution in [2.75, 3.05) is 0 Å². The highest BCUT2D eigenvalue weighted by molar-refractivity contribution is 7.99. The Balaban J connectivity index is 2.29. The summed E-state index contributed by atoms with van der Waals surface area (Å²) >= 11 is 7.13. The van der Waals surface area contributed by atoms with Gasteiger partial charge in [0.25, 0.3) is 0 Å². The number of hydrogen-bond acceptors (Lipinski definition) is 4. The third kappa shape index (κ3) is 2.95. The van der Waals surface area contributed by atoms with E-state index < -0.39 is 5.97 Å². The SMILES string of the molecule is O=C(O)c1cc(Sc2ccncn2)ccc1Cl. The highest BCUT2D eigenvalue weighted by Gasteiger charge is 2.10. The maximum absolute atomic E-state index is 10.9. The van der Waals surface area contributed by atoms with Gasteiger partial charge in [0.1, 0.15) is 11.4 Å². The smallest absolute Gasteiger partial charge is 0.337 e. The van der Waals surface area contributed by atoms with E-state index in [1.807, 2.05) is 0 Å². The summed E-state index contributed by atoms with van der Waals surface area (Å²) in [5.41, 5.74) is 0.0886. The van der Waals surface area contributed by atoms with Crippen LogP contribution in [0.25, 0.3) is 0 Å². The Hall–Kier alpha value is -1.59. The minimum atomic E-state index is -1.04. The fourth-order valence-corrected chi connectivity index (χ4v) is 2.17. The van der Waals surface area contributed by atoms with Crippen molar-refractivity contribution in [2.45, 2.75) is 9.92 Å². The van der Waals surface area contributed by atoms with Gasteiger partial charge in [-0.15, -0.1) is 0 Å². The van der Waals surface area contributed by atoms with Gasteiger partial charge in [-0.3, -0.25) is 0 Å². The van der Waals surface area contributed by atoms with Gasteiger partial charge in [0.15, 0.2) is 0 Å². The number of nitrogens with zero attached hydrogens (tertiary/aromatic N) is 2. The van der Waals surface area contributed by atoms with Crippen LogP contribution in [-0.2, 0) is 0 Å². The van der Waals surface area contributed by atoms with Crippen LogP contribution in [0.5, 0.6) is 0 Å². The summed E-state index contributed by atoms with van der Waals surface area (Å²) in [7, 11) is 0. The number of rotatable bonds is 3. The molecule has 0 radical (unpaired) electrons. The molecule has 6 heteroatoms. The van der Waals surface area contributed by atoms with Gasteiger partial charge in [-0.25, -0.2) is 14.8 Å². The average molecular weight is 267 g/mol. The van der Waals surface area contributed by atoms with E-state index in [1.165, 1.54) is 24.2 Å². The molecule has 0 aliphatic rings. The van der Waals surface area contributed by atoms with Crippen molar-refractivity contribution in [2.24, 2.45) is 0 Å². The predicted octanol–water partition coefficient (Wildman–Crippen LogP) is 2.98. The van der Waals surface area contributed by atoms with Crippen LogP contribution in [0.1, 0.15) is 10.4 Å². The molecule has 0 saturated heterocycles. The normalized spacial score (nSPS) is 10.2. The van der Waals surface area contributed by atoms with Crippen LogP contribution in [0, 0.1) is 0 Å². The fourth-order valence-electron chi connectivity index (χ4n) is 1.19. The van der Waals surface area contributed by atoms with E-state index in [1.54, 1.807) is 24.4 Å². The molecule has 2 aromatic rings. The Labute approximate surface area is 107 Å². The molecule has 0 bridgehead atoms. The van der Waals surface area contributed by atoms with Gasteiger partial charge < -0.3 is 5.11 Å². The van der Waals surface area contributed by atoms with Crippen molar-refractivity contribution in [3.05, 3.63) is 47.4 Å². The molecule has 0 aliphatic heterocycles. The van der Waals surface area contributed by atoms with Gasteiger partial charge in [0.05, 0.1) is 10.6 Å². The maximum Gasteiger partial charge on any atom is 0.337 e. The lowest BCUT2D eigenvalue weighted by molar-refractivity contribution is 0.0697. The minimum Gasteiger partial charge on any atom is -0.478 e. The van der Waals surface area contributed by atoms with E-state index in [0.29, 0.717) is 0 Å². The van der Waals surface area contributed by atoms with Crippen LogP contribution in [0.2, 0.25) is 5.02 Å². The van der Waals surface area contributed by atoms with Crippen LogP contribution in [0.15, 0.2) is 46.7 Å². The Morgan fingerprint density at radius 2 is 2.18 bits per heavy atom. The van der Waals surface area contributed by atoms with Crippen LogP contribution < -0.4 is 0 Å². The lowest BCUT2D eigenvalue weighted by Crippen LogP contribution is -1.97. The maximum atomic E-state index is 10.9. The van der Waals surface area contributed by atoms with E-state index in [-0.39, 0.29) is 10.6 Å². The highest BCUT2D eigenvalue weighted by atomic mass is 35.5. The van der Waals surface area contributed by atoms with E-state index in [2.05, 4.69) is 9.97 Å². The molecule has 86 valence electrons. The van der Waals surface area contributed by atoms with Crippen LogP contribution in [0.4, 0.5) is 0 Å². The largest absolute Gasteiger partial charge is 0.478 e. The highest BCUT2D eigenvalue weighted by Crippen LogP contribution is 2.28. The van der Waals surface area contributed by atoms with Gasteiger partial charge in [-0.1, -0.05) is 23.4 Å². The molecular weight excluding hydrogens is 260 g/mol. The fraction of sp³-hybridized carbons (Fsp3) is 0. The molecule has 1 N–H and O–H groups in total. The number of carboxylic acid groups (broad SMARTS) is 1. The lowest BCUT2D eigenvalue weighted by Gasteiger charge is -2.03. The molecule has 1 aromatic carbocycles. The zero-order valence-electron chi connectivity index (χ0n) is 8.50. The molecule has 0 saturated carbocycles. The van der Waals surface area contributed by atoms with E-state index in [4.69, 9.17) is 16.7 Å². The summed E-state index contributed by atoms with van der Waals surface area (Å²) in [5.74, 6) is -1.04. The first kappa shape index (κ1) is 11.9. The van der Waals surface area contributed by atoms with E-state index >= 15 is 0 Å². The summed E-state index contributed by atoms with van der Waals surface area (Å²) in [6.45, 7) is 0. The predicted molar refractivity (Wildman–Crippen MR) is 64.6 cm³/mol. The second kappa shape index (κ2) is 5.16. The second-order valence-electron chi connectivity index (χ2n) is 3.10. The quantitative estimate of drug-likeness (QED) is 0.866. The zero-order chi connectivity index (χ0) is 12.3. The van der Waals surface area contributed by atoms with Crippen LogP contribution >= 0.6 is 23.4 Å². The molecule has 0 fully saturated rings. The second-order valence-corrected chi connectivity index (χ2v) is 4.60. The number of benzene rings is 1. The summed E-state index contributed by atoms with van der Waals surface area (Å²) in [6, 6.07) is 6.59. The van der Waals surface area contributed by atoms with Crippen LogP contribution in [0.3, 0.4) is 0 Å². The number of halogens is 1. The Morgan fingerprint density at radius 3 is 2.82 bits per heavy atom. The number of aromatic carboxylic acids is 1. The first-order chi connectivity index (χ1) is 8.16. The first-order valence-electron chi connectivity index (χ1n) is 4.63. The molecule has 17 heavy (non-hydrogen) atoms. The van der Waals surface area contributed by atoms with Crippen molar-refractivity contribution in [3.63, 3.8) is 0 Å². The van der Waals surface area contributed by atoms with Gasteiger partial charge in [0.2, 0.25) is 0 Å². The average Bonchev–Trinajstić information content (AvgIpc) is 2.32.